The number of likely N-dealkylation sites (tertiary alicyclic amines) is 1. The molecular formula is C29H37N2O5+. The smallest absolute Gasteiger partial charge is 0.407 e. The van der Waals surface area contributed by atoms with Crippen LogP contribution in [-0.4, -0.2) is 60.0 Å². The molecule has 2 fully saturated rings. The third-order valence-electron chi connectivity index (χ3n) is 7.92. The molecule has 4 atom stereocenters. The highest BCUT2D eigenvalue weighted by Crippen LogP contribution is 2.55. The Balaban J connectivity index is 1.63. The minimum atomic E-state index is -0.769. The van der Waals surface area contributed by atoms with E-state index in [-0.39, 0.29) is 24.4 Å². The number of nitrogens with zero attached hydrogens (tertiary/aromatic N) is 1. The molecule has 1 heterocycles. The van der Waals surface area contributed by atoms with Crippen LogP contribution < -0.4 is 5.32 Å². The Labute approximate surface area is 213 Å². The van der Waals surface area contributed by atoms with Crippen LogP contribution >= 0.6 is 0 Å². The molecule has 0 radical (unpaired) electrons. The van der Waals surface area contributed by atoms with Crippen molar-refractivity contribution in [1.29, 1.82) is 0 Å². The molecule has 0 bridgehead atoms. The lowest BCUT2D eigenvalue weighted by molar-refractivity contribution is -0.917. The number of phenolic OH excluding ortho intramolecular Hbond substituents is 1. The predicted molar refractivity (Wildman–Crippen MR) is 137 cm³/mol. The molecular weight excluding hydrogens is 456 g/mol. The number of esters is 1. The number of ether oxygens (including phenoxy) is 2. The molecule has 2 aromatic rings. The molecule has 1 aliphatic heterocycles. The first-order valence-electron chi connectivity index (χ1n) is 12.6. The molecule has 1 unspecified atom stereocenters. The quantitative estimate of drug-likeness (QED) is 0.338. The zero-order chi connectivity index (χ0) is 25.8. The fraction of sp³-hybridized carbons (Fsp3) is 0.448. The Hall–Kier alpha value is -3.32. The number of benzene rings is 2. The molecule has 7 nitrogen and oxygen atoms in total. The van der Waals surface area contributed by atoms with Crippen molar-refractivity contribution in [1.82, 2.24) is 5.32 Å². The lowest BCUT2D eigenvalue weighted by atomic mass is 9.54. The van der Waals surface area contributed by atoms with E-state index in [9.17, 15) is 14.7 Å². The van der Waals surface area contributed by atoms with Crippen molar-refractivity contribution in [3.05, 3.63) is 78.4 Å². The summed E-state index contributed by atoms with van der Waals surface area (Å²) in [4.78, 5) is 25.2. The van der Waals surface area contributed by atoms with Gasteiger partial charge in [0.2, 0.25) is 0 Å². The van der Waals surface area contributed by atoms with Gasteiger partial charge in [0, 0.05) is 24.8 Å². The number of nitrogens with one attached hydrogen (secondary N) is 1. The summed E-state index contributed by atoms with van der Waals surface area (Å²) in [5, 5.41) is 13.4. The largest absolute Gasteiger partial charge is 0.508 e. The highest BCUT2D eigenvalue weighted by Gasteiger charge is 2.64. The van der Waals surface area contributed by atoms with Crippen LogP contribution in [0, 0.1) is 0 Å². The number of hydrogen-bond donors (Lipinski definition) is 2. The van der Waals surface area contributed by atoms with Crippen LogP contribution in [0.15, 0.2) is 67.3 Å². The Bertz CT molecular complexity index is 1110. The number of fused-ring (bicyclic) bond motifs is 1. The van der Waals surface area contributed by atoms with Crippen LogP contribution in [0.4, 0.5) is 4.79 Å². The maximum atomic E-state index is 12.7. The molecule has 2 aromatic carbocycles. The van der Waals surface area contributed by atoms with Gasteiger partial charge in [-0.05, 0) is 48.6 Å². The van der Waals surface area contributed by atoms with Crippen molar-refractivity contribution in [2.24, 2.45) is 0 Å². The number of hydrogen-bond acceptors (Lipinski definition) is 5. The van der Waals surface area contributed by atoms with Gasteiger partial charge < -0.3 is 24.4 Å². The fourth-order valence-corrected chi connectivity index (χ4v) is 6.38. The molecule has 7 heteroatoms. The van der Waals surface area contributed by atoms with E-state index < -0.39 is 17.1 Å². The van der Waals surface area contributed by atoms with Crippen LogP contribution in [0.5, 0.6) is 5.75 Å². The van der Waals surface area contributed by atoms with Crippen LogP contribution in [0.25, 0.3) is 0 Å². The van der Waals surface area contributed by atoms with E-state index in [1.54, 1.807) is 12.1 Å². The second-order valence-corrected chi connectivity index (χ2v) is 10.6. The number of amides is 1. The zero-order valence-electron chi connectivity index (χ0n) is 21.2. The predicted octanol–water partition coefficient (Wildman–Crippen LogP) is 4.45. The number of aromatic hydroxyl groups is 1. The van der Waals surface area contributed by atoms with Gasteiger partial charge in [0.1, 0.15) is 18.9 Å². The molecule has 1 aliphatic carbocycles. The molecule has 2 N–H and O–H groups in total. The number of piperidine rings is 1. The van der Waals surface area contributed by atoms with Crippen molar-refractivity contribution >= 4 is 12.1 Å². The zero-order valence-corrected chi connectivity index (χ0v) is 21.2. The molecule has 1 amide bonds. The van der Waals surface area contributed by atoms with Gasteiger partial charge in [0.15, 0.2) is 5.60 Å². The van der Waals surface area contributed by atoms with E-state index >= 15 is 0 Å². The molecule has 36 heavy (non-hydrogen) atoms. The summed E-state index contributed by atoms with van der Waals surface area (Å²) in [6, 6.07) is 16.7. The number of carbonyl (C=O) groups excluding carboxylic acids is 2. The number of likely N-dealkylation sites (N-methyl/N-ethyl adjacent to an activating group) is 1. The lowest BCUT2D eigenvalue weighted by Gasteiger charge is -2.60. The monoisotopic (exact) mass is 493 g/mol. The maximum Gasteiger partial charge on any atom is 0.407 e. The van der Waals surface area contributed by atoms with Gasteiger partial charge in [0.05, 0.1) is 20.1 Å². The number of carbonyl (C=O) groups is 2. The fourth-order valence-electron chi connectivity index (χ4n) is 6.38. The van der Waals surface area contributed by atoms with Crippen LogP contribution in [-0.2, 0) is 26.3 Å². The van der Waals surface area contributed by atoms with Gasteiger partial charge in [-0.3, -0.25) is 4.79 Å². The van der Waals surface area contributed by atoms with E-state index in [4.69, 9.17) is 9.47 Å². The topological polar surface area (TPSA) is 84.9 Å². The molecule has 2 aliphatic rings. The highest BCUT2D eigenvalue weighted by molar-refractivity contribution is 5.68. The van der Waals surface area contributed by atoms with Crippen LogP contribution in [0.1, 0.15) is 43.7 Å². The summed E-state index contributed by atoms with van der Waals surface area (Å²) in [5.74, 6) is -0.148. The van der Waals surface area contributed by atoms with Crippen molar-refractivity contribution < 1.29 is 28.7 Å². The van der Waals surface area contributed by atoms with Gasteiger partial charge in [-0.15, -0.1) is 0 Å². The van der Waals surface area contributed by atoms with Crippen LogP contribution in [0.3, 0.4) is 0 Å². The van der Waals surface area contributed by atoms with Crippen molar-refractivity contribution in [2.75, 3.05) is 26.7 Å². The average Bonchev–Trinajstić information content (AvgIpc) is 2.83. The summed E-state index contributed by atoms with van der Waals surface area (Å²) < 4.78 is 12.5. The Kier molecular flexibility index (Phi) is 7.41. The minimum absolute atomic E-state index is 0.157. The van der Waals surface area contributed by atoms with Gasteiger partial charge >= 0.3 is 12.1 Å². The molecule has 192 valence electrons. The summed E-state index contributed by atoms with van der Waals surface area (Å²) in [6.45, 7) is 7.87. The summed E-state index contributed by atoms with van der Waals surface area (Å²) >= 11 is 0. The molecule has 0 spiro atoms. The standard InChI is InChI=1S/C29H36N2O5/c1-4-16-31(3)17-15-28(24-11-8-12-26(33)18-24)19-25(13-14-29(28,21-31)36-22(2)32)30-27(34)35-20-23-9-6-5-7-10-23/h4-12,18,25H,1,13-17,19-21H2,2-3H3,(H-,30,33,34)/p+1/t25-,28+,29?,31+/m1/s1. The maximum absolute atomic E-state index is 12.7. The van der Waals surface area contributed by atoms with E-state index in [0.29, 0.717) is 30.3 Å². The average molecular weight is 494 g/mol. The molecule has 4 rings (SSSR count). The minimum Gasteiger partial charge on any atom is -0.508 e. The Morgan fingerprint density at radius 3 is 2.67 bits per heavy atom. The third kappa shape index (κ3) is 5.26. The van der Waals surface area contributed by atoms with Gasteiger partial charge in [0.25, 0.3) is 0 Å². The third-order valence-corrected chi connectivity index (χ3v) is 7.92. The van der Waals surface area contributed by atoms with Crippen LogP contribution in [0.2, 0.25) is 0 Å². The Morgan fingerprint density at radius 1 is 1.19 bits per heavy atom. The van der Waals surface area contributed by atoms with Gasteiger partial charge in [-0.25, -0.2) is 4.79 Å². The first kappa shape index (κ1) is 25.8. The first-order valence-corrected chi connectivity index (χ1v) is 12.6. The highest BCUT2D eigenvalue weighted by atomic mass is 16.6. The lowest BCUT2D eigenvalue weighted by Crippen LogP contribution is -2.72. The van der Waals surface area contributed by atoms with Crippen molar-refractivity contribution in [3.63, 3.8) is 0 Å². The van der Waals surface area contributed by atoms with Gasteiger partial charge in [-0.1, -0.05) is 49.0 Å². The number of phenols is 1. The van der Waals surface area contributed by atoms with E-state index in [1.807, 2.05) is 48.5 Å². The first-order chi connectivity index (χ1) is 17.2. The second kappa shape index (κ2) is 10.3. The summed E-state index contributed by atoms with van der Waals surface area (Å²) in [5.41, 5.74) is 0.520. The van der Waals surface area contributed by atoms with E-state index in [2.05, 4.69) is 18.9 Å². The number of rotatable bonds is 7. The second-order valence-electron chi connectivity index (χ2n) is 10.6. The molecule has 0 aromatic heterocycles. The van der Waals surface area contributed by atoms with Crippen molar-refractivity contribution in [3.8, 4) is 5.75 Å². The Morgan fingerprint density at radius 2 is 1.97 bits per heavy atom. The normalized spacial score (nSPS) is 29.4. The van der Waals surface area contributed by atoms with Gasteiger partial charge in [-0.2, -0.15) is 0 Å². The molecule has 1 saturated heterocycles. The number of quaternary nitrogens is 1. The summed E-state index contributed by atoms with van der Waals surface area (Å²) in [7, 11) is 2.17. The van der Waals surface area contributed by atoms with E-state index in [1.165, 1.54) is 6.92 Å². The van der Waals surface area contributed by atoms with E-state index in [0.717, 1.165) is 30.6 Å². The SMILES string of the molecule is C=CC[N@@+]1(C)CC[C@@]2(c3cccc(O)c3)C[C@H](NC(=O)OCc3ccccc3)CCC2(OC(C)=O)C1. The summed E-state index contributed by atoms with van der Waals surface area (Å²) in [6.07, 6.45) is 4.03. The number of alkyl carbamates (subject to hydrolysis) is 1. The molecule has 1 saturated carbocycles. The van der Waals surface area contributed by atoms with Crippen molar-refractivity contribution in [2.45, 2.75) is 56.3 Å².